The van der Waals surface area contributed by atoms with Crippen molar-refractivity contribution >= 4 is 15.7 Å². The van der Waals surface area contributed by atoms with E-state index in [0.717, 1.165) is 24.9 Å². The van der Waals surface area contributed by atoms with Gasteiger partial charge < -0.3 is 10.2 Å². The maximum absolute atomic E-state index is 12.3. The predicted octanol–water partition coefficient (Wildman–Crippen LogP) is 1.37. The minimum atomic E-state index is -3.39. The fourth-order valence-corrected chi connectivity index (χ4v) is 3.91. The summed E-state index contributed by atoms with van der Waals surface area (Å²) in [5.74, 6) is -0.203. The highest BCUT2D eigenvalue weighted by molar-refractivity contribution is 7.91. The number of nitrogens with zero attached hydrogens (tertiary/aromatic N) is 1. The molecule has 0 unspecified atom stereocenters. The van der Waals surface area contributed by atoms with Crippen molar-refractivity contribution in [2.24, 2.45) is 0 Å². The van der Waals surface area contributed by atoms with Gasteiger partial charge >= 0.3 is 0 Å². The number of hydrogen-bond acceptors (Lipinski definition) is 4. The number of benzene rings is 1. The highest BCUT2D eigenvalue weighted by Gasteiger charge is 2.24. The Morgan fingerprint density at radius 3 is 2.64 bits per heavy atom. The summed E-state index contributed by atoms with van der Waals surface area (Å²) in [5.41, 5.74) is 1.02. The van der Waals surface area contributed by atoms with Crippen molar-refractivity contribution in [1.82, 2.24) is 10.2 Å². The molecule has 1 N–H and O–H groups in total. The zero-order valence-electron chi connectivity index (χ0n) is 13.2. The number of carbonyl (C=O) groups is 1. The summed E-state index contributed by atoms with van der Waals surface area (Å²) in [6, 6.07) is 7.07. The van der Waals surface area contributed by atoms with E-state index in [4.69, 9.17) is 0 Å². The van der Waals surface area contributed by atoms with Gasteiger partial charge in [0.05, 0.1) is 10.6 Å². The number of sulfone groups is 1. The van der Waals surface area contributed by atoms with E-state index in [1.165, 1.54) is 0 Å². The third kappa shape index (κ3) is 4.30. The lowest BCUT2D eigenvalue weighted by molar-refractivity contribution is -0.132. The Kier molecular flexibility index (Phi) is 5.58. The molecule has 1 heterocycles. The Hall–Kier alpha value is -1.40. The van der Waals surface area contributed by atoms with E-state index in [1.54, 1.807) is 29.2 Å². The zero-order chi connectivity index (χ0) is 16.2. The van der Waals surface area contributed by atoms with E-state index in [1.807, 2.05) is 14.0 Å². The van der Waals surface area contributed by atoms with Gasteiger partial charge in [-0.05, 0) is 38.9 Å². The van der Waals surface area contributed by atoms with Crippen LogP contribution in [-0.4, -0.2) is 51.2 Å². The summed E-state index contributed by atoms with van der Waals surface area (Å²) >= 11 is 0. The molecule has 2 rings (SSSR count). The van der Waals surface area contributed by atoms with Crippen molar-refractivity contribution in [3.05, 3.63) is 29.8 Å². The van der Waals surface area contributed by atoms with Gasteiger partial charge in [0.1, 0.15) is 0 Å². The molecule has 1 atom stereocenters. The number of carbonyl (C=O) groups excluding carboxylic acids is 1. The van der Waals surface area contributed by atoms with Crippen LogP contribution in [0.3, 0.4) is 0 Å². The second-order valence-electron chi connectivity index (χ2n) is 5.85. The van der Waals surface area contributed by atoms with Gasteiger partial charge in [0.2, 0.25) is 5.91 Å². The topological polar surface area (TPSA) is 66.5 Å². The van der Waals surface area contributed by atoms with Crippen LogP contribution in [-0.2, 0) is 14.6 Å². The molecule has 6 heteroatoms. The first-order chi connectivity index (χ1) is 10.4. The van der Waals surface area contributed by atoms with Gasteiger partial charge in [-0.3, -0.25) is 4.79 Å². The summed E-state index contributed by atoms with van der Waals surface area (Å²) in [5, 5.41) is 3.18. The molecule has 0 aromatic heterocycles. The molecule has 5 nitrogen and oxygen atoms in total. The number of nitrogens with one attached hydrogen (secondary N) is 1. The molecule has 1 fully saturated rings. The van der Waals surface area contributed by atoms with Crippen molar-refractivity contribution in [2.45, 2.75) is 37.1 Å². The zero-order valence-corrected chi connectivity index (χ0v) is 14.0. The normalized spacial score (nSPS) is 19.2. The molecule has 1 aliphatic rings. The molecular weight excluding hydrogens is 300 g/mol. The van der Waals surface area contributed by atoms with Crippen LogP contribution >= 0.6 is 0 Å². The van der Waals surface area contributed by atoms with Gasteiger partial charge in [-0.15, -0.1) is 0 Å². The number of hydrogen-bond donors (Lipinski definition) is 1. The number of piperidine rings is 1. The third-order valence-corrected chi connectivity index (χ3v) is 5.88. The first-order valence-electron chi connectivity index (χ1n) is 7.67. The minimum absolute atomic E-state index is 0.0483. The summed E-state index contributed by atoms with van der Waals surface area (Å²) in [4.78, 5) is 14.3. The van der Waals surface area contributed by atoms with Crippen LogP contribution < -0.4 is 5.32 Å². The van der Waals surface area contributed by atoms with E-state index >= 15 is 0 Å². The van der Waals surface area contributed by atoms with Gasteiger partial charge in [-0.25, -0.2) is 8.42 Å². The molecule has 0 spiro atoms. The summed E-state index contributed by atoms with van der Waals surface area (Å²) < 4.78 is 24.5. The lowest BCUT2D eigenvalue weighted by Crippen LogP contribution is -2.47. The number of likely N-dealkylation sites (N-methyl/N-ethyl adjacent to an activating group) is 1. The van der Waals surface area contributed by atoms with Gasteiger partial charge in [0.15, 0.2) is 9.84 Å². The molecule has 1 aromatic carbocycles. The lowest BCUT2D eigenvalue weighted by Gasteiger charge is -2.32. The van der Waals surface area contributed by atoms with Crippen LogP contribution in [0.1, 0.15) is 24.8 Å². The molecular formula is C16H24N2O3S. The minimum Gasteiger partial charge on any atom is -0.341 e. The first kappa shape index (κ1) is 17.0. The number of rotatable bonds is 5. The van der Waals surface area contributed by atoms with Crippen LogP contribution in [0.2, 0.25) is 0 Å². The molecule has 0 bridgehead atoms. The lowest BCUT2D eigenvalue weighted by atomic mass is 10.1. The average Bonchev–Trinajstić information content (AvgIpc) is 2.53. The highest BCUT2D eigenvalue weighted by atomic mass is 32.2. The second-order valence-corrected chi connectivity index (χ2v) is 7.96. The second kappa shape index (κ2) is 7.24. The number of likely N-dealkylation sites (tertiary alicyclic amines) is 1. The molecule has 1 saturated heterocycles. The SMILES string of the molecule is CN[C@@H]1CCCN(C(=O)CCS(=O)(=O)c2ccc(C)cc2)C1. The van der Waals surface area contributed by atoms with E-state index in [0.29, 0.717) is 12.6 Å². The fraction of sp³-hybridized carbons (Fsp3) is 0.562. The largest absolute Gasteiger partial charge is 0.341 e. The smallest absolute Gasteiger partial charge is 0.223 e. The van der Waals surface area contributed by atoms with Crippen LogP contribution in [0.5, 0.6) is 0 Å². The third-order valence-electron chi connectivity index (χ3n) is 4.15. The van der Waals surface area contributed by atoms with Crippen molar-refractivity contribution in [2.75, 3.05) is 25.9 Å². The maximum atomic E-state index is 12.3. The van der Waals surface area contributed by atoms with Gasteiger partial charge in [0.25, 0.3) is 0 Å². The van der Waals surface area contributed by atoms with Gasteiger partial charge in [0, 0.05) is 25.6 Å². The van der Waals surface area contributed by atoms with Crippen molar-refractivity contribution in [3.8, 4) is 0 Å². The van der Waals surface area contributed by atoms with Gasteiger partial charge in [-0.1, -0.05) is 17.7 Å². The Morgan fingerprint density at radius 2 is 2.00 bits per heavy atom. The van der Waals surface area contributed by atoms with Crippen LogP contribution in [0.25, 0.3) is 0 Å². The molecule has 1 amide bonds. The Bertz CT molecular complexity index is 611. The standard InChI is InChI=1S/C16H24N2O3S/c1-13-5-7-15(8-6-13)22(20,21)11-9-16(19)18-10-3-4-14(12-18)17-2/h5-8,14,17H,3-4,9-12H2,1-2H3/t14-/m1/s1. The molecule has 1 aliphatic heterocycles. The summed E-state index contributed by atoms with van der Waals surface area (Å²) in [6.45, 7) is 3.30. The van der Waals surface area contributed by atoms with Crippen molar-refractivity contribution in [3.63, 3.8) is 0 Å². The predicted molar refractivity (Wildman–Crippen MR) is 86.5 cm³/mol. The summed E-state index contributed by atoms with van der Waals surface area (Å²) in [7, 11) is -1.50. The van der Waals surface area contributed by atoms with E-state index in [2.05, 4.69) is 5.32 Å². The first-order valence-corrected chi connectivity index (χ1v) is 9.32. The Labute approximate surface area is 132 Å². The van der Waals surface area contributed by atoms with Crippen LogP contribution in [0.4, 0.5) is 0 Å². The monoisotopic (exact) mass is 324 g/mol. The van der Waals surface area contributed by atoms with Gasteiger partial charge in [-0.2, -0.15) is 0 Å². The Balaban J connectivity index is 1.94. The molecule has 0 radical (unpaired) electrons. The molecule has 1 aromatic rings. The molecule has 0 aliphatic carbocycles. The van der Waals surface area contributed by atoms with E-state index in [9.17, 15) is 13.2 Å². The van der Waals surface area contributed by atoms with Crippen LogP contribution in [0, 0.1) is 6.92 Å². The summed E-state index contributed by atoms with van der Waals surface area (Å²) in [6.07, 6.45) is 2.07. The van der Waals surface area contributed by atoms with E-state index < -0.39 is 9.84 Å². The number of amides is 1. The molecule has 122 valence electrons. The van der Waals surface area contributed by atoms with E-state index in [-0.39, 0.29) is 23.0 Å². The van der Waals surface area contributed by atoms with Crippen molar-refractivity contribution < 1.29 is 13.2 Å². The highest BCUT2D eigenvalue weighted by Crippen LogP contribution is 2.15. The fourth-order valence-electron chi connectivity index (χ4n) is 2.68. The molecule has 22 heavy (non-hydrogen) atoms. The quantitative estimate of drug-likeness (QED) is 0.888. The van der Waals surface area contributed by atoms with Crippen LogP contribution in [0.15, 0.2) is 29.2 Å². The average molecular weight is 324 g/mol. The molecule has 0 saturated carbocycles. The Morgan fingerprint density at radius 1 is 1.32 bits per heavy atom. The van der Waals surface area contributed by atoms with Crippen molar-refractivity contribution in [1.29, 1.82) is 0 Å². The number of aryl methyl sites for hydroxylation is 1. The maximum Gasteiger partial charge on any atom is 0.223 e.